The van der Waals surface area contributed by atoms with Gasteiger partial charge in [-0.3, -0.25) is 9.59 Å². The average molecular weight is 321 g/mol. The number of amides is 2. The van der Waals surface area contributed by atoms with Crippen LogP contribution in [-0.4, -0.2) is 11.8 Å². The molecule has 3 rings (SSSR count). The first-order valence-electron chi connectivity index (χ1n) is 8.45. The maximum absolute atomic E-state index is 13.1. The summed E-state index contributed by atoms with van der Waals surface area (Å²) in [7, 11) is 0. The van der Waals surface area contributed by atoms with Crippen LogP contribution in [0.5, 0.6) is 0 Å². The van der Waals surface area contributed by atoms with E-state index in [0.717, 1.165) is 22.4 Å². The SMILES string of the molecule is Cc1cccc2c1C(=O)N(c1c(C(C)C)cccc1C(C)C)C2=O. The molecule has 0 aromatic heterocycles. The minimum atomic E-state index is -0.214. The lowest BCUT2D eigenvalue weighted by Crippen LogP contribution is -2.32. The number of para-hydroxylation sites is 1. The largest absolute Gasteiger partial charge is 0.268 e. The lowest BCUT2D eigenvalue weighted by molar-refractivity contribution is 0.0925. The monoisotopic (exact) mass is 321 g/mol. The van der Waals surface area contributed by atoms with Gasteiger partial charge >= 0.3 is 0 Å². The van der Waals surface area contributed by atoms with E-state index >= 15 is 0 Å². The molecule has 124 valence electrons. The molecule has 3 heteroatoms. The normalized spacial score (nSPS) is 14.0. The van der Waals surface area contributed by atoms with Gasteiger partial charge in [0, 0.05) is 0 Å². The van der Waals surface area contributed by atoms with Crippen LogP contribution in [0.15, 0.2) is 36.4 Å². The highest BCUT2D eigenvalue weighted by Crippen LogP contribution is 2.39. The predicted molar refractivity (Wildman–Crippen MR) is 96.9 cm³/mol. The Morgan fingerprint density at radius 3 is 1.83 bits per heavy atom. The number of nitrogens with zero attached hydrogens (tertiary/aromatic N) is 1. The van der Waals surface area contributed by atoms with Gasteiger partial charge in [0.15, 0.2) is 0 Å². The molecule has 0 fully saturated rings. The molecule has 1 aliphatic heterocycles. The van der Waals surface area contributed by atoms with Crippen molar-refractivity contribution in [3.63, 3.8) is 0 Å². The molecule has 0 aliphatic carbocycles. The third-order valence-electron chi connectivity index (χ3n) is 4.69. The molecule has 0 radical (unpaired) electrons. The molecule has 0 unspecified atom stereocenters. The smallest absolute Gasteiger partial charge is 0.266 e. The van der Waals surface area contributed by atoms with Crippen molar-refractivity contribution in [1.82, 2.24) is 0 Å². The van der Waals surface area contributed by atoms with E-state index in [1.54, 1.807) is 6.07 Å². The molecule has 3 nitrogen and oxygen atoms in total. The Labute approximate surface area is 143 Å². The molecule has 2 amide bonds. The molecule has 0 saturated heterocycles. The van der Waals surface area contributed by atoms with Crippen LogP contribution in [0.3, 0.4) is 0 Å². The summed E-state index contributed by atoms with van der Waals surface area (Å²) in [6.45, 7) is 10.2. The van der Waals surface area contributed by atoms with Crippen LogP contribution in [0, 0.1) is 6.92 Å². The van der Waals surface area contributed by atoms with Gasteiger partial charge in [-0.05, 0) is 41.5 Å². The molecule has 1 heterocycles. The van der Waals surface area contributed by atoms with Gasteiger partial charge in [-0.2, -0.15) is 0 Å². The van der Waals surface area contributed by atoms with Crippen LogP contribution in [-0.2, 0) is 0 Å². The highest BCUT2D eigenvalue weighted by molar-refractivity contribution is 6.35. The molecule has 0 atom stereocenters. The molecule has 2 aromatic rings. The van der Waals surface area contributed by atoms with Gasteiger partial charge in [-0.25, -0.2) is 4.90 Å². The summed E-state index contributed by atoms with van der Waals surface area (Å²) in [5.41, 5.74) is 4.74. The fourth-order valence-corrected chi connectivity index (χ4v) is 3.43. The zero-order chi connectivity index (χ0) is 17.6. The minimum Gasteiger partial charge on any atom is -0.268 e. The number of carbonyl (C=O) groups excluding carboxylic acids is 2. The lowest BCUT2D eigenvalue weighted by atomic mass is 9.92. The molecule has 24 heavy (non-hydrogen) atoms. The number of fused-ring (bicyclic) bond motifs is 1. The molecule has 0 spiro atoms. The predicted octanol–water partition coefficient (Wildman–Crippen LogP) is 5.04. The zero-order valence-electron chi connectivity index (χ0n) is 14.9. The van der Waals surface area contributed by atoms with E-state index in [9.17, 15) is 9.59 Å². The first-order valence-corrected chi connectivity index (χ1v) is 8.45. The van der Waals surface area contributed by atoms with Crippen LogP contribution < -0.4 is 4.90 Å². The zero-order valence-corrected chi connectivity index (χ0v) is 14.9. The van der Waals surface area contributed by atoms with Crippen molar-refractivity contribution in [2.45, 2.75) is 46.5 Å². The van der Waals surface area contributed by atoms with Gasteiger partial charge in [0.2, 0.25) is 0 Å². The van der Waals surface area contributed by atoms with E-state index < -0.39 is 0 Å². The second-order valence-electron chi connectivity index (χ2n) is 7.04. The Hall–Kier alpha value is -2.42. The van der Waals surface area contributed by atoms with Crippen molar-refractivity contribution >= 4 is 17.5 Å². The van der Waals surface area contributed by atoms with Gasteiger partial charge < -0.3 is 0 Å². The van der Waals surface area contributed by atoms with Gasteiger partial charge in [0.05, 0.1) is 16.8 Å². The summed E-state index contributed by atoms with van der Waals surface area (Å²) in [5.74, 6) is 0.0324. The van der Waals surface area contributed by atoms with Crippen molar-refractivity contribution in [3.8, 4) is 0 Å². The van der Waals surface area contributed by atoms with Crippen molar-refractivity contribution in [1.29, 1.82) is 0 Å². The van der Waals surface area contributed by atoms with E-state index in [1.165, 1.54) is 4.90 Å². The summed E-state index contributed by atoms with van der Waals surface area (Å²) < 4.78 is 0. The Morgan fingerprint density at radius 1 is 0.792 bits per heavy atom. The minimum absolute atomic E-state index is 0.205. The van der Waals surface area contributed by atoms with Crippen molar-refractivity contribution < 1.29 is 9.59 Å². The van der Waals surface area contributed by atoms with Crippen LogP contribution in [0.25, 0.3) is 0 Å². The fraction of sp³-hybridized carbons (Fsp3) is 0.333. The number of rotatable bonds is 3. The van der Waals surface area contributed by atoms with E-state index in [1.807, 2.05) is 37.3 Å². The third-order valence-corrected chi connectivity index (χ3v) is 4.69. The molecular formula is C21H23NO2. The summed E-state index contributed by atoms with van der Waals surface area (Å²) in [6.07, 6.45) is 0. The van der Waals surface area contributed by atoms with Crippen molar-refractivity contribution in [3.05, 3.63) is 64.2 Å². The second-order valence-corrected chi connectivity index (χ2v) is 7.04. The number of aryl methyl sites for hydroxylation is 1. The maximum atomic E-state index is 13.1. The number of hydrogen-bond acceptors (Lipinski definition) is 2. The van der Waals surface area contributed by atoms with Crippen LogP contribution >= 0.6 is 0 Å². The molecule has 0 bridgehead atoms. The Morgan fingerprint density at radius 2 is 1.33 bits per heavy atom. The van der Waals surface area contributed by atoms with Crippen LogP contribution in [0.4, 0.5) is 5.69 Å². The van der Waals surface area contributed by atoms with E-state index in [4.69, 9.17) is 0 Å². The molecule has 1 aliphatic rings. The van der Waals surface area contributed by atoms with Gasteiger partial charge in [-0.15, -0.1) is 0 Å². The Kier molecular flexibility index (Phi) is 4.04. The molecule has 0 N–H and O–H groups in total. The fourth-order valence-electron chi connectivity index (χ4n) is 3.43. The number of hydrogen-bond donors (Lipinski definition) is 0. The Balaban J connectivity index is 2.26. The standard InChI is InChI=1S/C21H23NO2/c1-12(2)15-9-7-10-16(13(3)4)19(15)22-20(23)17-11-6-8-14(5)18(17)21(22)24/h6-13H,1-5H3. The summed E-state index contributed by atoms with van der Waals surface area (Å²) in [4.78, 5) is 27.5. The number of imide groups is 1. The number of benzene rings is 2. The molecule has 2 aromatic carbocycles. The maximum Gasteiger partial charge on any atom is 0.266 e. The third kappa shape index (κ3) is 2.35. The highest BCUT2D eigenvalue weighted by Gasteiger charge is 2.40. The number of carbonyl (C=O) groups is 2. The van der Waals surface area contributed by atoms with E-state index in [2.05, 4.69) is 27.7 Å². The topological polar surface area (TPSA) is 37.4 Å². The summed E-state index contributed by atoms with van der Waals surface area (Å²) in [5, 5.41) is 0. The van der Waals surface area contributed by atoms with Crippen molar-refractivity contribution in [2.75, 3.05) is 4.90 Å². The van der Waals surface area contributed by atoms with Crippen LogP contribution in [0.1, 0.15) is 76.9 Å². The van der Waals surface area contributed by atoms with Crippen molar-refractivity contribution in [2.24, 2.45) is 0 Å². The molecule has 0 saturated carbocycles. The molecular weight excluding hydrogens is 298 g/mol. The first-order chi connectivity index (χ1) is 11.3. The van der Waals surface area contributed by atoms with E-state index in [0.29, 0.717) is 11.1 Å². The van der Waals surface area contributed by atoms with Gasteiger partial charge in [-0.1, -0.05) is 58.0 Å². The number of anilines is 1. The first kappa shape index (κ1) is 16.4. The highest BCUT2D eigenvalue weighted by atomic mass is 16.2. The summed E-state index contributed by atoms with van der Waals surface area (Å²) in [6, 6.07) is 11.5. The van der Waals surface area contributed by atoms with Crippen LogP contribution in [0.2, 0.25) is 0 Å². The van der Waals surface area contributed by atoms with E-state index in [-0.39, 0.29) is 23.7 Å². The van der Waals surface area contributed by atoms with Gasteiger partial charge in [0.1, 0.15) is 0 Å². The Bertz CT molecular complexity index is 807. The van der Waals surface area contributed by atoms with Gasteiger partial charge in [0.25, 0.3) is 11.8 Å². The second kappa shape index (κ2) is 5.90. The average Bonchev–Trinajstić information content (AvgIpc) is 2.78. The lowest BCUT2D eigenvalue weighted by Gasteiger charge is -2.25. The summed E-state index contributed by atoms with van der Waals surface area (Å²) >= 11 is 0. The quantitative estimate of drug-likeness (QED) is 0.742.